The largest absolute Gasteiger partial charge is 0.469 e. The summed E-state index contributed by atoms with van der Waals surface area (Å²) in [7, 11) is 1.38. The van der Waals surface area contributed by atoms with Gasteiger partial charge in [0.15, 0.2) is 5.78 Å². The van der Waals surface area contributed by atoms with E-state index in [-0.39, 0.29) is 17.3 Å². The zero-order chi connectivity index (χ0) is 17.4. The lowest BCUT2D eigenvalue weighted by Crippen LogP contribution is -2.41. The molecule has 23 heavy (non-hydrogen) atoms. The van der Waals surface area contributed by atoms with Crippen LogP contribution in [0.5, 0.6) is 0 Å². The van der Waals surface area contributed by atoms with Crippen LogP contribution >= 0.6 is 0 Å². The predicted octanol–water partition coefficient (Wildman–Crippen LogP) is 3.44. The second-order valence-corrected chi connectivity index (χ2v) is 7.55. The van der Waals surface area contributed by atoms with Crippen molar-refractivity contribution in [3.63, 3.8) is 0 Å². The normalized spacial score (nSPS) is 21.7. The second-order valence-electron chi connectivity index (χ2n) is 7.55. The Morgan fingerprint density at radius 3 is 2.43 bits per heavy atom. The molecule has 1 atom stereocenters. The lowest BCUT2D eigenvalue weighted by molar-refractivity contribution is -0.144. The van der Waals surface area contributed by atoms with Crippen LogP contribution in [-0.4, -0.2) is 24.4 Å². The third-order valence-corrected chi connectivity index (χ3v) is 4.26. The molecule has 0 saturated heterocycles. The number of hydrogen-bond donors (Lipinski definition) is 1. The first-order chi connectivity index (χ1) is 10.6. The molecule has 1 N–H and O–H groups in total. The first-order valence-electron chi connectivity index (χ1n) is 7.79. The van der Waals surface area contributed by atoms with Gasteiger partial charge in [-0.05, 0) is 26.3 Å². The number of benzene rings is 1. The summed E-state index contributed by atoms with van der Waals surface area (Å²) < 4.78 is 5.01. The molecule has 4 nitrogen and oxygen atoms in total. The highest BCUT2D eigenvalue weighted by atomic mass is 16.5. The van der Waals surface area contributed by atoms with Crippen LogP contribution in [0.1, 0.15) is 56.5 Å². The summed E-state index contributed by atoms with van der Waals surface area (Å²) in [5, 5.41) is 3.25. The molecule has 0 saturated carbocycles. The van der Waals surface area contributed by atoms with Gasteiger partial charge in [0.25, 0.3) is 0 Å². The third kappa shape index (κ3) is 3.16. The lowest BCUT2D eigenvalue weighted by atomic mass is 9.63. The summed E-state index contributed by atoms with van der Waals surface area (Å²) >= 11 is 0. The van der Waals surface area contributed by atoms with Gasteiger partial charge in [0.1, 0.15) is 0 Å². The van der Waals surface area contributed by atoms with E-state index in [0.29, 0.717) is 11.1 Å². The Morgan fingerprint density at radius 2 is 1.87 bits per heavy atom. The van der Waals surface area contributed by atoms with Crippen molar-refractivity contribution in [2.75, 3.05) is 7.11 Å². The molecule has 1 aromatic rings. The number of ketones is 1. The van der Waals surface area contributed by atoms with Crippen LogP contribution in [-0.2, 0) is 9.53 Å². The van der Waals surface area contributed by atoms with E-state index >= 15 is 0 Å². The highest BCUT2D eigenvalue weighted by Crippen LogP contribution is 2.48. The standard InChI is InChI=1S/C19H25NO3/c1-18(2,3)20-11-14-16(21)13-10-8-7-9-12(13)15(17(22)23-6)19(14,4)5/h7-11,15,20H,1-6H3/b14-11+. The Balaban J connectivity index is 2.63. The van der Waals surface area contributed by atoms with Crippen molar-refractivity contribution in [2.45, 2.75) is 46.1 Å². The van der Waals surface area contributed by atoms with Crippen LogP contribution in [0.2, 0.25) is 0 Å². The summed E-state index contributed by atoms with van der Waals surface area (Å²) in [6, 6.07) is 7.27. The fourth-order valence-corrected chi connectivity index (χ4v) is 3.02. The molecular formula is C19H25NO3. The Labute approximate surface area is 137 Å². The maximum absolute atomic E-state index is 12.9. The molecule has 1 aromatic carbocycles. The van der Waals surface area contributed by atoms with Gasteiger partial charge in [0.2, 0.25) is 0 Å². The van der Waals surface area contributed by atoms with Crippen molar-refractivity contribution in [2.24, 2.45) is 5.41 Å². The van der Waals surface area contributed by atoms with Crippen molar-refractivity contribution in [1.29, 1.82) is 0 Å². The number of ether oxygens (including phenoxy) is 1. The van der Waals surface area contributed by atoms with Crippen LogP contribution in [0.15, 0.2) is 36.0 Å². The Kier molecular flexibility index (Phi) is 4.38. The van der Waals surface area contributed by atoms with E-state index in [0.717, 1.165) is 5.56 Å². The molecule has 0 heterocycles. The molecule has 0 aliphatic heterocycles. The maximum Gasteiger partial charge on any atom is 0.314 e. The van der Waals surface area contributed by atoms with Gasteiger partial charge in [-0.2, -0.15) is 0 Å². The van der Waals surface area contributed by atoms with Crippen LogP contribution in [0.3, 0.4) is 0 Å². The van der Waals surface area contributed by atoms with Crippen LogP contribution in [0, 0.1) is 5.41 Å². The topological polar surface area (TPSA) is 55.4 Å². The number of esters is 1. The molecule has 1 aliphatic rings. The molecule has 0 fully saturated rings. The monoisotopic (exact) mass is 315 g/mol. The number of carbonyl (C=O) groups is 2. The number of hydrogen-bond acceptors (Lipinski definition) is 4. The average molecular weight is 315 g/mol. The van der Waals surface area contributed by atoms with E-state index in [1.807, 2.05) is 52.8 Å². The number of nitrogens with one attached hydrogen (secondary N) is 1. The molecule has 0 aromatic heterocycles. The average Bonchev–Trinajstić information content (AvgIpc) is 2.45. The number of rotatable bonds is 2. The van der Waals surface area contributed by atoms with Gasteiger partial charge < -0.3 is 10.1 Å². The van der Waals surface area contributed by atoms with Gasteiger partial charge in [-0.3, -0.25) is 9.59 Å². The highest BCUT2D eigenvalue weighted by molar-refractivity contribution is 6.13. The molecule has 0 spiro atoms. The van der Waals surface area contributed by atoms with Crippen molar-refractivity contribution in [1.82, 2.24) is 5.32 Å². The highest BCUT2D eigenvalue weighted by Gasteiger charge is 2.48. The fraction of sp³-hybridized carbons (Fsp3) is 0.474. The Morgan fingerprint density at radius 1 is 1.26 bits per heavy atom. The number of allylic oxidation sites excluding steroid dienone is 1. The minimum Gasteiger partial charge on any atom is -0.469 e. The third-order valence-electron chi connectivity index (χ3n) is 4.26. The van der Waals surface area contributed by atoms with Gasteiger partial charge in [-0.25, -0.2) is 0 Å². The molecule has 0 amide bonds. The van der Waals surface area contributed by atoms with Gasteiger partial charge in [-0.15, -0.1) is 0 Å². The van der Waals surface area contributed by atoms with Gasteiger partial charge in [-0.1, -0.05) is 38.1 Å². The first-order valence-corrected chi connectivity index (χ1v) is 7.79. The minimum atomic E-state index is -0.656. The predicted molar refractivity (Wildman–Crippen MR) is 90.3 cm³/mol. The van der Waals surface area contributed by atoms with Gasteiger partial charge in [0, 0.05) is 28.3 Å². The summed E-state index contributed by atoms with van der Waals surface area (Å²) in [5.41, 5.74) is 1.09. The van der Waals surface area contributed by atoms with Crippen molar-refractivity contribution in [3.05, 3.63) is 47.2 Å². The van der Waals surface area contributed by atoms with Gasteiger partial charge >= 0.3 is 5.97 Å². The van der Waals surface area contributed by atoms with Crippen LogP contribution in [0.25, 0.3) is 0 Å². The number of carbonyl (C=O) groups excluding carboxylic acids is 2. The molecule has 4 heteroatoms. The molecule has 0 bridgehead atoms. The maximum atomic E-state index is 12.9. The lowest BCUT2D eigenvalue weighted by Gasteiger charge is -2.39. The zero-order valence-corrected chi connectivity index (χ0v) is 14.7. The minimum absolute atomic E-state index is 0.0393. The second kappa shape index (κ2) is 5.84. The Bertz CT molecular complexity index is 665. The number of methoxy groups -OCH3 is 1. The molecule has 1 unspecified atom stereocenters. The summed E-state index contributed by atoms with van der Waals surface area (Å²) in [6.07, 6.45) is 1.76. The van der Waals surface area contributed by atoms with Crippen molar-refractivity contribution < 1.29 is 14.3 Å². The van der Waals surface area contributed by atoms with Crippen LogP contribution < -0.4 is 5.32 Å². The number of Topliss-reactive ketones (excluding diaryl/α,β-unsaturated/α-hetero) is 1. The van der Waals surface area contributed by atoms with E-state index in [9.17, 15) is 9.59 Å². The summed E-state index contributed by atoms with van der Waals surface area (Å²) in [4.78, 5) is 25.4. The fourth-order valence-electron chi connectivity index (χ4n) is 3.02. The van der Waals surface area contributed by atoms with Gasteiger partial charge in [0.05, 0.1) is 13.0 Å². The van der Waals surface area contributed by atoms with E-state index in [1.54, 1.807) is 12.3 Å². The Hall–Kier alpha value is -2.10. The van der Waals surface area contributed by atoms with E-state index in [2.05, 4.69) is 5.32 Å². The smallest absolute Gasteiger partial charge is 0.314 e. The van der Waals surface area contributed by atoms with Crippen LogP contribution in [0.4, 0.5) is 0 Å². The summed E-state index contributed by atoms with van der Waals surface area (Å²) in [5.74, 6) is -0.867. The SMILES string of the molecule is COC(=O)C1c2ccccc2C(=O)/C(=C\NC(C)(C)C)C1(C)C. The van der Waals surface area contributed by atoms with Crippen molar-refractivity contribution in [3.8, 4) is 0 Å². The molecule has 2 rings (SSSR count). The number of fused-ring (bicyclic) bond motifs is 1. The molecular weight excluding hydrogens is 290 g/mol. The molecule has 1 aliphatic carbocycles. The first kappa shape index (κ1) is 17.3. The molecule has 0 radical (unpaired) electrons. The van der Waals surface area contributed by atoms with Crippen molar-refractivity contribution >= 4 is 11.8 Å². The van der Waals surface area contributed by atoms with E-state index < -0.39 is 11.3 Å². The molecule has 124 valence electrons. The van der Waals surface area contributed by atoms with E-state index in [4.69, 9.17) is 4.74 Å². The zero-order valence-electron chi connectivity index (χ0n) is 14.7. The summed E-state index contributed by atoms with van der Waals surface area (Å²) in [6.45, 7) is 9.90. The quantitative estimate of drug-likeness (QED) is 0.671. The van der Waals surface area contributed by atoms with E-state index in [1.165, 1.54) is 7.11 Å².